The molecule has 2 aliphatic rings. The Balaban J connectivity index is 1.65. The van der Waals surface area contributed by atoms with Gasteiger partial charge in [-0.3, -0.25) is 4.79 Å². The van der Waals surface area contributed by atoms with Crippen LogP contribution in [0.1, 0.15) is 25.7 Å². The van der Waals surface area contributed by atoms with Gasteiger partial charge in [0.25, 0.3) is 0 Å². The summed E-state index contributed by atoms with van der Waals surface area (Å²) in [4.78, 5) is 13.9. The average Bonchev–Trinajstić information content (AvgIpc) is 2.46. The number of methoxy groups -OCH3 is 1. The largest absolute Gasteiger partial charge is 0.381 e. The monoisotopic (exact) mass is 256 g/mol. The number of carbonyl (C=O) groups is 1. The van der Waals surface area contributed by atoms with Gasteiger partial charge >= 0.3 is 0 Å². The Bertz CT molecular complexity index is 259. The number of hydrogen-bond acceptors (Lipinski definition) is 4. The van der Waals surface area contributed by atoms with Crippen molar-refractivity contribution in [1.29, 1.82) is 0 Å². The molecular formula is C13H24N2O3. The summed E-state index contributed by atoms with van der Waals surface area (Å²) in [5.41, 5.74) is 0. The number of hydrogen-bond donors (Lipinski definition) is 1. The van der Waals surface area contributed by atoms with Crippen LogP contribution in [0.5, 0.6) is 0 Å². The van der Waals surface area contributed by atoms with E-state index in [1.54, 1.807) is 7.11 Å². The van der Waals surface area contributed by atoms with Crippen LogP contribution >= 0.6 is 0 Å². The molecule has 0 aliphatic carbocycles. The second kappa shape index (κ2) is 7.07. The van der Waals surface area contributed by atoms with E-state index in [4.69, 9.17) is 9.47 Å². The molecule has 1 amide bonds. The highest BCUT2D eigenvalue weighted by Gasteiger charge is 2.23. The highest BCUT2D eigenvalue weighted by atomic mass is 16.5. The van der Waals surface area contributed by atoms with Gasteiger partial charge in [0.2, 0.25) is 5.91 Å². The van der Waals surface area contributed by atoms with Gasteiger partial charge in [-0.1, -0.05) is 0 Å². The van der Waals surface area contributed by atoms with Crippen molar-refractivity contribution in [2.24, 2.45) is 0 Å². The van der Waals surface area contributed by atoms with Crippen molar-refractivity contribution in [2.45, 2.75) is 37.9 Å². The van der Waals surface area contributed by atoms with Gasteiger partial charge in [-0.2, -0.15) is 0 Å². The van der Waals surface area contributed by atoms with E-state index in [0.717, 1.165) is 51.9 Å². The van der Waals surface area contributed by atoms with Gasteiger partial charge in [0, 0.05) is 20.2 Å². The molecular weight excluding hydrogens is 232 g/mol. The van der Waals surface area contributed by atoms with E-state index < -0.39 is 0 Å². The predicted molar refractivity (Wildman–Crippen MR) is 68.5 cm³/mol. The summed E-state index contributed by atoms with van der Waals surface area (Å²) < 4.78 is 11.0. The van der Waals surface area contributed by atoms with Gasteiger partial charge in [-0.15, -0.1) is 0 Å². The third-order valence-electron chi connectivity index (χ3n) is 3.86. The van der Waals surface area contributed by atoms with Crippen molar-refractivity contribution < 1.29 is 14.3 Å². The highest BCUT2D eigenvalue weighted by Crippen LogP contribution is 2.13. The molecule has 2 fully saturated rings. The van der Waals surface area contributed by atoms with Crippen LogP contribution in [0, 0.1) is 0 Å². The molecule has 0 unspecified atom stereocenters. The van der Waals surface area contributed by atoms with Crippen LogP contribution in [-0.4, -0.2) is 62.9 Å². The molecule has 0 spiro atoms. The topological polar surface area (TPSA) is 50.8 Å². The van der Waals surface area contributed by atoms with Crippen LogP contribution in [0.25, 0.3) is 0 Å². The SMILES string of the molecule is COC1CCN(C(=O)COC2CCNCC2)CC1. The smallest absolute Gasteiger partial charge is 0.248 e. The van der Waals surface area contributed by atoms with Gasteiger partial charge in [0.05, 0.1) is 12.2 Å². The van der Waals surface area contributed by atoms with E-state index in [1.165, 1.54) is 0 Å². The number of rotatable bonds is 4. The zero-order valence-electron chi connectivity index (χ0n) is 11.2. The number of nitrogens with zero attached hydrogens (tertiary/aromatic N) is 1. The lowest BCUT2D eigenvalue weighted by atomic mass is 10.1. The Morgan fingerprint density at radius 2 is 1.83 bits per heavy atom. The molecule has 2 rings (SSSR count). The minimum Gasteiger partial charge on any atom is -0.381 e. The van der Waals surface area contributed by atoms with Crippen molar-refractivity contribution in [2.75, 3.05) is 39.9 Å². The summed E-state index contributed by atoms with van der Waals surface area (Å²) in [5, 5.41) is 3.29. The van der Waals surface area contributed by atoms with E-state index in [1.807, 2.05) is 4.90 Å². The van der Waals surface area contributed by atoms with Crippen LogP contribution in [0.4, 0.5) is 0 Å². The first-order valence-electron chi connectivity index (χ1n) is 6.92. The van der Waals surface area contributed by atoms with E-state index >= 15 is 0 Å². The molecule has 2 heterocycles. The minimum atomic E-state index is 0.128. The standard InChI is InChI=1S/C13H24N2O3/c1-17-11-4-8-15(9-5-11)13(16)10-18-12-2-6-14-7-3-12/h11-12,14H,2-10H2,1H3. The summed E-state index contributed by atoms with van der Waals surface area (Å²) in [5.74, 6) is 0.128. The molecule has 2 aliphatic heterocycles. The first kappa shape index (κ1) is 13.8. The fourth-order valence-corrected chi connectivity index (χ4v) is 2.58. The molecule has 18 heavy (non-hydrogen) atoms. The third-order valence-corrected chi connectivity index (χ3v) is 3.86. The molecule has 2 saturated heterocycles. The number of nitrogens with one attached hydrogen (secondary N) is 1. The second-order valence-electron chi connectivity index (χ2n) is 5.08. The molecule has 0 bridgehead atoms. The predicted octanol–water partition coefficient (Wildman–Crippen LogP) is 0.392. The molecule has 0 aromatic heterocycles. The minimum absolute atomic E-state index is 0.128. The van der Waals surface area contributed by atoms with Crippen LogP contribution in [0.3, 0.4) is 0 Å². The number of amides is 1. The first-order valence-corrected chi connectivity index (χ1v) is 6.92. The van der Waals surface area contributed by atoms with Crippen molar-refractivity contribution in [1.82, 2.24) is 10.2 Å². The Hall–Kier alpha value is -0.650. The normalized spacial score (nSPS) is 23.3. The summed E-state index contributed by atoms with van der Waals surface area (Å²) in [6.45, 7) is 3.83. The molecule has 0 aromatic rings. The zero-order chi connectivity index (χ0) is 12.8. The lowest BCUT2D eigenvalue weighted by molar-refractivity contribution is -0.141. The molecule has 5 heteroatoms. The summed E-state index contributed by atoms with van der Waals surface area (Å²) >= 11 is 0. The molecule has 0 aromatic carbocycles. The van der Waals surface area contributed by atoms with Crippen molar-refractivity contribution in [3.8, 4) is 0 Å². The van der Waals surface area contributed by atoms with Crippen molar-refractivity contribution >= 4 is 5.91 Å². The Labute approximate surface area is 109 Å². The van der Waals surface area contributed by atoms with Gasteiger partial charge < -0.3 is 19.7 Å². The van der Waals surface area contributed by atoms with E-state index in [9.17, 15) is 4.79 Å². The summed E-state index contributed by atoms with van der Waals surface area (Å²) in [6.07, 6.45) is 4.48. The molecule has 104 valence electrons. The van der Waals surface area contributed by atoms with Crippen molar-refractivity contribution in [3.63, 3.8) is 0 Å². The molecule has 0 radical (unpaired) electrons. The maximum absolute atomic E-state index is 12.0. The van der Waals surface area contributed by atoms with E-state index in [2.05, 4.69) is 5.32 Å². The number of piperidine rings is 2. The van der Waals surface area contributed by atoms with E-state index in [-0.39, 0.29) is 18.6 Å². The summed E-state index contributed by atoms with van der Waals surface area (Å²) in [6, 6.07) is 0. The molecule has 1 N–H and O–H groups in total. The summed E-state index contributed by atoms with van der Waals surface area (Å²) in [7, 11) is 1.74. The Morgan fingerprint density at radius 3 is 2.44 bits per heavy atom. The van der Waals surface area contributed by atoms with Crippen LogP contribution in [0.2, 0.25) is 0 Å². The Morgan fingerprint density at radius 1 is 1.17 bits per heavy atom. The molecule has 0 atom stereocenters. The maximum Gasteiger partial charge on any atom is 0.248 e. The Kier molecular flexibility index (Phi) is 5.41. The van der Waals surface area contributed by atoms with Crippen molar-refractivity contribution in [3.05, 3.63) is 0 Å². The zero-order valence-corrected chi connectivity index (χ0v) is 11.2. The maximum atomic E-state index is 12.0. The lowest BCUT2D eigenvalue weighted by Gasteiger charge is -2.32. The van der Waals surface area contributed by atoms with Crippen LogP contribution < -0.4 is 5.32 Å². The lowest BCUT2D eigenvalue weighted by Crippen LogP contribution is -2.43. The quantitative estimate of drug-likeness (QED) is 0.790. The fraction of sp³-hybridized carbons (Fsp3) is 0.923. The molecule has 5 nitrogen and oxygen atoms in total. The van der Waals surface area contributed by atoms with Gasteiger partial charge in [-0.05, 0) is 38.8 Å². The number of likely N-dealkylation sites (tertiary alicyclic amines) is 1. The highest BCUT2D eigenvalue weighted by molar-refractivity contribution is 5.77. The van der Waals surface area contributed by atoms with Gasteiger partial charge in [0.1, 0.15) is 6.61 Å². The van der Waals surface area contributed by atoms with Crippen LogP contribution in [-0.2, 0) is 14.3 Å². The fourth-order valence-electron chi connectivity index (χ4n) is 2.58. The number of carbonyl (C=O) groups excluding carboxylic acids is 1. The van der Waals surface area contributed by atoms with Gasteiger partial charge in [0.15, 0.2) is 0 Å². The first-order chi connectivity index (χ1) is 8.79. The van der Waals surface area contributed by atoms with Crippen LogP contribution in [0.15, 0.2) is 0 Å². The molecule has 0 saturated carbocycles. The second-order valence-corrected chi connectivity index (χ2v) is 5.08. The average molecular weight is 256 g/mol. The number of ether oxygens (including phenoxy) is 2. The third kappa shape index (κ3) is 3.93. The van der Waals surface area contributed by atoms with E-state index in [0.29, 0.717) is 6.10 Å². The van der Waals surface area contributed by atoms with Gasteiger partial charge in [-0.25, -0.2) is 0 Å².